The van der Waals surface area contributed by atoms with E-state index in [4.69, 9.17) is 4.74 Å². The molecule has 1 amide bonds. The molecule has 24 heavy (non-hydrogen) atoms. The number of aliphatic carboxylic acids is 1. The number of nitrogens with zero attached hydrogens (tertiary/aromatic N) is 1. The van der Waals surface area contributed by atoms with Crippen molar-refractivity contribution in [1.29, 1.82) is 0 Å². The van der Waals surface area contributed by atoms with E-state index in [9.17, 15) is 27.9 Å². The molecule has 0 aromatic heterocycles. The molecule has 3 aliphatic heterocycles. The van der Waals surface area contributed by atoms with Crippen molar-refractivity contribution in [2.75, 3.05) is 11.4 Å². The summed E-state index contributed by atoms with van der Waals surface area (Å²) in [7, 11) is 0. The third-order valence-electron chi connectivity index (χ3n) is 4.87. The number of fused-ring (bicyclic) bond motifs is 1. The monoisotopic (exact) mass is 339 g/mol. The third kappa shape index (κ3) is 1.92. The zero-order valence-electron chi connectivity index (χ0n) is 12.2. The molecule has 3 heterocycles. The molecule has 5 nitrogen and oxygen atoms in total. The Labute approximate surface area is 134 Å². The van der Waals surface area contributed by atoms with Crippen LogP contribution in [0.2, 0.25) is 0 Å². The van der Waals surface area contributed by atoms with E-state index < -0.39 is 47.2 Å². The van der Waals surface area contributed by atoms with Gasteiger partial charge in [0, 0.05) is 5.69 Å². The standard InChI is InChI=1S/C16H12F3NO4/c17-16(18,19)8-2-1-3-9(6-8)20-7-15-5-4-10(24-15)11(14(22)23)12(15)13(20)21/h1-6,10-12H,7H2,(H,22,23)/t10-,11+,12-,15+/m0/s1. The maximum absolute atomic E-state index is 12.9. The highest BCUT2D eigenvalue weighted by Gasteiger charge is 2.67. The summed E-state index contributed by atoms with van der Waals surface area (Å²) in [6.07, 6.45) is -1.92. The molecule has 126 valence electrons. The smallest absolute Gasteiger partial charge is 0.416 e. The normalized spacial score (nSPS) is 34.0. The first kappa shape index (κ1) is 15.2. The Bertz CT molecular complexity index is 775. The summed E-state index contributed by atoms with van der Waals surface area (Å²) in [5.74, 6) is -3.60. The van der Waals surface area contributed by atoms with Gasteiger partial charge in [0.15, 0.2) is 0 Å². The lowest BCUT2D eigenvalue weighted by Gasteiger charge is -2.22. The average molecular weight is 339 g/mol. The van der Waals surface area contributed by atoms with Gasteiger partial charge in [-0.2, -0.15) is 13.2 Å². The fraction of sp³-hybridized carbons (Fsp3) is 0.375. The SMILES string of the molecule is O=C(O)[C@@H]1[C@@H]2C=C[C@]3(CN(c4cccc(C(F)(F)F)c4)C(=O)[C@H]13)O2. The van der Waals surface area contributed by atoms with Gasteiger partial charge in [-0.15, -0.1) is 0 Å². The van der Waals surface area contributed by atoms with Gasteiger partial charge in [0.05, 0.1) is 24.1 Å². The molecule has 2 saturated heterocycles. The van der Waals surface area contributed by atoms with Crippen LogP contribution in [-0.4, -0.2) is 35.2 Å². The Morgan fingerprint density at radius 2 is 2.12 bits per heavy atom. The largest absolute Gasteiger partial charge is 0.481 e. The van der Waals surface area contributed by atoms with Crippen molar-refractivity contribution < 1.29 is 32.6 Å². The third-order valence-corrected chi connectivity index (χ3v) is 4.87. The molecule has 8 heteroatoms. The summed E-state index contributed by atoms with van der Waals surface area (Å²) in [6.45, 7) is 0.00852. The predicted molar refractivity (Wildman–Crippen MR) is 75.2 cm³/mol. The minimum absolute atomic E-state index is 0.00852. The van der Waals surface area contributed by atoms with Crippen LogP contribution in [0.25, 0.3) is 0 Å². The molecule has 4 atom stereocenters. The molecular weight excluding hydrogens is 327 g/mol. The molecule has 1 N–H and O–H groups in total. The van der Waals surface area contributed by atoms with Crippen LogP contribution < -0.4 is 4.90 Å². The van der Waals surface area contributed by atoms with Crippen LogP contribution in [0.5, 0.6) is 0 Å². The Morgan fingerprint density at radius 1 is 1.38 bits per heavy atom. The van der Waals surface area contributed by atoms with E-state index in [0.29, 0.717) is 0 Å². The zero-order chi connectivity index (χ0) is 17.3. The van der Waals surface area contributed by atoms with Gasteiger partial charge in [-0.1, -0.05) is 18.2 Å². The van der Waals surface area contributed by atoms with Crippen molar-refractivity contribution in [1.82, 2.24) is 0 Å². The molecule has 0 saturated carbocycles. The lowest BCUT2D eigenvalue weighted by atomic mass is 9.77. The summed E-state index contributed by atoms with van der Waals surface area (Å²) < 4.78 is 44.3. The van der Waals surface area contributed by atoms with E-state index in [1.807, 2.05) is 0 Å². The van der Waals surface area contributed by atoms with Crippen LogP contribution in [0.1, 0.15) is 5.56 Å². The fourth-order valence-corrected chi connectivity index (χ4v) is 3.85. The number of carbonyl (C=O) groups is 2. The number of hydrogen-bond acceptors (Lipinski definition) is 3. The average Bonchev–Trinajstić information content (AvgIpc) is 3.15. The second-order valence-electron chi connectivity index (χ2n) is 6.21. The number of carboxylic acid groups (broad SMARTS) is 1. The Kier molecular flexibility index (Phi) is 2.91. The number of carboxylic acids is 1. The summed E-state index contributed by atoms with van der Waals surface area (Å²) in [5.41, 5.74) is -1.85. The second-order valence-corrected chi connectivity index (χ2v) is 6.21. The first-order chi connectivity index (χ1) is 11.2. The quantitative estimate of drug-likeness (QED) is 0.838. The summed E-state index contributed by atoms with van der Waals surface area (Å²) in [5, 5.41) is 9.37. The van der Waals surface area contributed by atoms with Gasteiger partial charge in [0.25, 0.3) is 0 Å². The van der Waals surface area contributed by atoms with Crippen LogP contribution in [0.3, 0.4) is 0 Å². The molecule has 3 aliphatic rings. The van der Waals surface area contributed by atoms with Crippen LogP contribution in [-0.2, 0) is 20.5 Å². The molecule has 2 fully saturated rings. The van der Waals surface area contributed by atoms with Gasteiger partial charge >= 0.3 is 12.1 Å². The molecule has 1 aromatic rings. The van der Waals surface area contributed by atoms with E-state index in [2.05, 4.69) is 0 Å². The molecular formula is C16H12F3NO4. The van der Waals surface area contributed by atoms with Gasteiger partial charge in [-0.05, 0) is 18.2 Å². The number of anilines is 1. The Hall–Kier alpha value is -2.35. The van der Waals surface area contributed by atoms with Gasteiger partial charge in [0.1, 0.15) is 11.5 Å². The van der Waals surface area contributed by atoms with Crippen LogP contribution in [0.4, 0.5) is 18.9 Å². The van der Waals surface area contributed by atoms with E-state index in [1.54, 1.807) is 12.2 Å². The summed E-state index contributed by atoms with van der Waals surface area (Å²) in [4.78, 5) is 25.4. The number of alkyl halides is 3. The first-order valence-corrected chi connectivity index (χ1v) is 7.32. The number of amides is 1. The van der Waals surface area contributed by atoms with Crippen molar-refractivity contribution in [2.45, 2.75) is 17.9 Å². The molecule has 0 radical (unpaired) electrons. The van der Waals surface area contributed by atoms with E-state index in [1.165, 1.54) is 17.0 Å². The van der Waals surface area contributed by atoms with Crippen molar-refractivity contribution in [3.63, 3.8) is 0 Å². The number of ether oxygens (including phenoxy) is 1. The van der Waals surface area contributed by atoms with E-state index in [0.717, 1.165) is 12.1 Å². The highest BCUT2D eigenvalue weighted by molar-refractivity contribution is 6.02. The highest BCUT2D eigenvalue weighted by Crippen LogP contribution is 2.52. The lowest BCUT2D eigenvalue weighted by Crippen LogP contribution is -2.39. The van der Waals surface area contributed by atoms with Gasteiger partial charge in [0.2, 0.25) is 5.91 Å². The van der Waals surface area contributed by atoms with Crippen molar-refractivity contribution in [2.24, 2.45) is 11.8 Å². The van der Waals surface area contributed by atoms with E-state index in [-0.39, 0.29) is 12.2 Å². The maximum atomic E-state index is 12.9. The van der Waals surface area contributed by atoms with E-state index >= 15 is 0 Å². The number of halogens is 3. The first-order valence-electron chi connectivity index (χ1n) is 7.32. The van der Waals surface area contributed by atoms with Gasteiger partial charge in [-0.3, -0.25) is 9.59 Å². The number of hydrogen-bond donors (Lipinski definition) is 1. The van der Waals surface area contributed by atoms with Gasteiger partial charge in [-0.25, -0.2) is 0 Å². The number of carbonyl (C=O) groups excluding carboxylic acids is 1. The molecule has 2 bridgehead atoms. The lowest BCUT2D eigenvalue weighted by molar-refractivity contribution is -0.146. The predicted octanol–water partition coefficient (Wildman–Crippen LogP) is 2.08. The number of rotatable bonds is 2. The highest BCUT2D eigenvalue weighted by atomic mass is 19.4. The van der Waals surface area contributed by atoms with Gasteiger partial charge < -0.3 is 14.7 Å². The zero-order valence-corrected chi connectivity index (χ0v) is 12.2. The van der Waals surface area contributed by atoms with Crippen molar-refractivity contribution in [3.8, 4) is 0 Å². The van der Waals surface area contributed by atoms with Crippen molar-refractivity contribution in [3.05, 3.63) is 42.0 Å². The van der Waals surface area contributed by atoms with Crippen LogP contribution in [0, 0.1) is 11.8 Å². The molecule has 0 aliphatic carbocycles. The summed E-state index contributed by atoms with van der Waals surface area (Å²) >= 11 is 0. The summed E-state index contributed by atoms with van der Waals surface area (Å²) in [6, 6.07) is 4.43. The Morgan fingerprint density at radius 3 is 2.79 bits per heavy atom. The Balaban J connectivity index is 1.72. The molecule has 1 spiro atoms. The molecule has 0 unspecified atom stereocenters. The minimum Gasteiger partial charge on any atom is -0.481 e. The molecule has 4 rings (SSSR count). The topological polar surface area (TPSA) is 66.8 Å². The van der Waals surface area contributed by atoms with Crippen LogP contribution in [0.15, 0.2) is 36.4 Å². The minimum atomic E-state index is -4.52. The number of benzene rings is 1. The van der Waals surface area contributed by atoms with Crippen molar-refractivity contribution >= 4 is 17.6 Å². The fourth-order valence-electron chi connectivity index (χ4n) is 3.85. The van der Waals surface area contributed by atoms with Crippen LogP contribution >= 0.6 is 0 Å². The second kappa shape index (κ2) is 4.60. The maximum Gasteiger partial charge on any atom is 0.416 e. The molecule has 1 aromatic carbocycles.